The number of hydrogen-bond donors (Lipinski definition) is 2. The van der Waals surface area contributed by atoms with Crippen LogP contribution in [-0.4, -0.2) is 25.0 Å². The molecule has 0 unspecified atom stereocenters. The van der Waals surface area contributed by atoms with Crippen molar-refractivity contribution in [1.82, 2.24) is 0 Å². The number of carbonyl (C=O) groups is 2. The van der Waals surface area contributed by atoms with E-state index in [4.69, 9.17) is 11.6 Å². The highest BCUT2D eigenvalue weighted by Gasteiger charge is 2.26. The maximum atomic E-state index is 11.9. The second kappa shape index (κ2) is 6.43. The number of rotatable bonds is 4. The van der Waals surface area contributed by atoms with Crippen LogP contribution in [0.3, 0.4) is 0 Å². The monoisotopic (exact) mass is 284 g/mol. The predicted octanol–water partition coefficient (Wildman–Crippen LogP) is 3.07. The summed E-state index contributed by atoms with van der Waals surface area (Å²) in [7, 11) is 1.28. The van der Waals surface area contributed by atoms with Crippen LogP contribution in [0.4, 0.5) is 16.2 Å². The van der Waals surface area contributed by atoms with Crippen molar-refractivity contribution < 1.29 is 14.3 Å². The molecule has 104 valence electrons. The topological polar surface area (TPSA) is 67.4 Å². The lowest BCUT2D eigenvalue weighted by Gasteiger charge is -2.20. The van der Waals surface area contributed by atoms with Crippen LogP contribution < -0.4 is 10.6 Å². The number of anilines is 2. The summed E-state index contributed by atoms with van der Waals surface area (Å²) in [4.78, 5) is 23.0. The molecule has 2 N–H and O–H groups in total. The number of hydrogen-bond acceptors (Lipinski definition) is 3. The Morgan fingerprint density at radius 3 is 2.37 bits per heavy atom. The van der Waals surface area contributed by atoms with Crippen LogP contribution in [-0.2, 0) is 9.53 Å². The highest BCUT2D eigenvalue weighted by Crippen LogP contribution is 2.21. The third kappa shape index (κ3) is 4.44. The van der Waals surface area contributed by atoms with E-state index in [1.54, 1.807) is 38.1 Å². The van der Waals surface area contributed by atoms with Crippen LogP contribution >= 0.6 is 11.6 Å². The normalized spacial score (nSPS) is 10.7. The number of ether oxygens (including phenoxy) is 1. The summed E-state index contributed by atoms with van der Waals surface area (Å²) in [6, 6.07) is 6.78. The van der Waals surface area contributed by atoms with E-state index in [-0.39, 0.29) is 11.8 Å². The van der Waals surface area contributed by atoms with Gasteiger partial charge in [-0.05, 0) is 32.0 Å². The number of carbonyl (C=O) groups excluding carboxylic acids is 2. The predicted molar refractivity (Wildman–Crippen MR) is 75.6 cm³/mol. The van der Waals surface area contributed by atoms with Gasteiger partial charge >= 0.3 is 6.09 Å². The molecular formula is C13H17ClN2O3. The molecule has 0 radical (unpaired) electrons. The van der Waals surface area contributed by atoms with Gasteiger partial charge in [0.2, 0.25) is 5.91 Å². The molecule has 5 nitrogen and oxygen atoms in total. The van der Waals surface area contributed by atoms with E-state index >= 15 is 0 Å². The fraction of sp³-hybridized carbons (Fsp3) is 0.385. The van der Waals surface area contributed by atoms with Crippen molar-refractivity contribution in [2.45, 2.75) is 13.8 Å². The Morgan fingerprint density at radius 2 is 1.84 bits per heavy atom. The highest BCUT2D eigenvalue weighted by atomic mass is 35.5. The van der Waals surface area contributed by atoms with Crippen molar-refractivity contribution in [1.29, 1.82) is 0 Å². The lowest BCUT2D eigenvalue weighted by molar-refractivity contribution is -0.122. The van der Waals surface area contributed by atoms with Gasteiger partial charge < -0.3 is 10.1 Å². The number of halogens is 1. The molecule has 1 rings (SSSR count). The van der Waals surface area contributed by atoms with Gasteiger partial charge in [-0.2, -0.15) is 0 Å². The zero-order valence-electron chi connectivity index (χ0n) is 11.1. The molecule has 0 aliphatic heterocycles. The minimum absolute atomic E-state index is 0.183. The Bertz CT molecular complexity index is 475. The summed E-state index contributed by atoms with van der Waals surface area (Å²) in [6.07, 6.45) is -0.565. The van der Waals surface area contributed by atoms with E-state index in [2.05, 4.69) is 15.4 Å². The van der Waals surface area contributed by atoms with Crippen molar-refractivity contribution in [3.05, 3.63) is 24.3 Å². The van der Waals surface area contributed by atoms with Crippen LogP contribution in [0.1, 0.15) is 13.8 Å². The number of amides is 2. The van der Waals surface area contributed by atoms with Gasteiger partial charge in [-0.25, -0.2) is 4.79 Å². The first-order valence-electron chi connectivity index (χ1n) is 5.71. The average molecular weight is 285 g/mol. The van der Waals surface area contributed by atoms with Crippen LogP contribution in [0.25, 0.3) is 0 Å². The van der Waals surface area contributed by atoms with Gasteiger partial charge in [0.05, 0.1) is 12.5 Å². The van der Waals surface area contributed by atoms with Crippen molar-refractivity contribution >= 4 is 35.0 Å². The third-order valence-electron chi connectivity index (χ3n) is 2.50. The molecule has 0 bridgehead atoms. The van der Waals surface area contributed by atoms with Gasteiger partial charge in [0.1, 0.15) is 0 Å². The van der Waals surface area contributed by atoms with Crippen LogP contribution in [0.5, 0.6) is 0 Å². The first-order valence-corrected chi connectivity index (χ1v) is 6.25. The SMILES string of the molecule is COC(=O)Nc1cccc(NC(=O)C(C)(C)CCl)c1. The van der Waals surface area contributed by atoms with E-state index < -0.39 is 11.5 Å². The fourth-order valence-electron chi connectivity index (χ4n) is 1.20. The molecule has 6 heteroatoms. The Hall–Kier alpha value is -1.75. The Labute approximate surface area is 117 Å². The van der Waals surface area contributed by atoms with Crippen molar-refractivity contribution in [2.24, 2.45) is 5.41 Å². The van der Waals surface area contributed by atoms with Crippen LogP contribution in [0, 0.1) is 5.41 Å². The molecule has 1 aromatic carbocycles. The Kier molecular flexibility index (Phi) is 5.18. The minimum Gasteiger partial charge on any atom is -0.453 e. The van der Waals surface area contributed by atoms with E-state index in [9.17, 15) is 9.59 Å². The summed E-state index contributed by atoms with van der Waals surface area (Å²) in [5.74, 6) is 0.0385. The molecule has 2 amide bonds. The van der Waals surface area contributed by atoms with Crippen molar-refractivity contribution in [3.63, 3.8) is 0 Å². The maximum Gasteiger partial charge on any atom is 0.411 e. The van der Waals surface area contributed by atoms with E-state index in [0.29, 0.717) is 11.4 Å². The molecule has 0 saturated carbocycles. The minimum atomic E-state index is -0.659. The molecule has 1 aromatic rings. The van der Waals surface area contributed by atoms with E-state index in [0.717, 1.165) is 0 Å². The summed E-state index contributed by atoms with van der Waals surface area (Å²) in [5, 5.41) is 5.27. The number of alkyl halides is 1. The second-order valence-electron chi connectivity index (χ2n) is 4.67. The number of benzene rings is 1. The highest BCUT2D eigenvalue weighted by molar-refractivity contribution is 6.20. The first kappa shape index (κ1) is 15.3. The summed E-state index contributed by atoms with van der Waals surface area (Å²) >= 11 is 5.74. The molecule has 0 atom stereocenters. The van der Waals surface area contributed by atoms with E-state index in [1.807, 2.05) is 0 Å². The van der Waals surface area contributed by atoms with Gasteiger partial charge in [-0.1, -0.05) is 6.07 Å². The number of methoxy groups -OCH3 is 1. The largest absolute Gasteiger partial charge is 0.453 e. The summed E-state index contributed by atoms with van der Waals surface area (Å²) in [5.41, 5.74) is 0.457. The molecule has 0 spiro atoms. The Morgan fingerprint density at radius 1 is 1.26 bits per heavy atom. The first-order chi connectivity index (χ1) is 8.89. The zero-order valence-corrected chi connectivity index (χ0v) is 11.9. The zero-order chi connectivity index (χ0) is 14.5. The summed E-state index contributed by atoms with van der Waals surface area (Å²) < 4.78 is 4.49. The Balaban J connectivity index is 2.77. The maximum absolute atomic E-state index is 11.9. The molecule has 19 heavy (non-hydrogen) atoms. The van der Waals surface area contributed by atoms with Crippen LogP contribution in [0.2, 0.25) is 0 Å². The molecule has 0 aliphatic rings. The van der Waals surface area contributed by atoms with E-state index in [1.165, 1.54) is 7.11 Å². The lowest BCUT2D eigenvalue weighted by atomic mass is 9.95. The van der Waals surface area contributed by atoms with Crippen LogP contribution in [0.15, 0.2) is 24.3 Å². The molecule has 0 aromatic heterocycles. The average Bonchev–Trinajstić information content (AvgIpc) is 2.38. The summed E-state index contributed by atoms with van der Waals surface area (Å²) in [6.45, 7) is 3.51. The quantitative estimate of drug-likeness (QED) is 0.835. The molecule has 0 heterocycles. The van der Waals surface area contributed by atoms with Gasteiger partial charge in [0, 0.05) is 17.3 Å². The third-order valence-corrected chi connectivity index (χ3v) is 3.17. The fourth-order valence-corrected chi connectivity index (χ4v) is 1.33. The van der Waals surface area contributed by atoms with Gasteiger partial charge in [0.15, 0.2) is 0 Å². The lowest BCUT2D eigenvalue weighted by Crippen LogP contribution is -2.32. The van der Waals surface area contributed by atoms with Gasteiger partial charge in [-0.15, -0.1) is 11.6 Å². The van der Waals surface area contributed by atoms with Gasteiger partial charge in [0.25, 0.3) is 0 Å². The standard InChI is InChI=1S/C13H17ClN2O3/c1-13(2,8-14)11(17)15-9-5-4-6-10(7-9)16-12(18)19-3/h4-7H,8H2,1-3H3,(H,15,17)(H,16,18). The van der Waals surface area contributed by atoms with Gasteiger partial charge in [-0.3, -0.25) is 10.1 Å². The smallest absolute Gasteiger partial charge is 0.411 e. The van der Waals surface area contributed by atoms with Crippen molar-refractivity contribution in [2.75, 3.05) is 23.6 Å². The van der Waals surface area contributed by atoms with Crippen molar-refractivity contribution in [3.8, 4) is 0 Å². The molecule has 0 saturated heterocycles. The second-order valence-corrected chi connectivity index (χ2v) is 4.94. The molecular weight excluding hydrogens is 268 g/mol. The molecule has 0 aliphatic carbocycles. The number of nitrogens with one attached hydrogen (secondary N) is 2. The molecule has 0 fully saturated rings.